The lowest BCUT2D eigenvalue weighted by molar-refractivity contribution is 0.483. The Bertz CT molecular complexity index is 748. The van der Waals surface area contributed by atoms with Crippen LogP contribution in [-0.2, 0) is 0 Å². The average Bonchev–Trinajstić information content (AvgIpc) is 2.57. The second-order valence-corrected chi connectivity index (χ2v) is 4.94. The van der Waals surface area contributed by atoms with Gasteiger partial charge in [-0.15, -0.1) is 0 Å². The van der Waals surface area contributed by atoms with E-state index in [-0.39, 0.29) is 0 Å². The second-order valence-electron chi connectivity index (χ2n) is 4.94. The van der Waals surface area contributed by atoms with Crippen LogP contribution in [0, 0.1) is 6.92 Å². The van der Waals surface area contributed by atoms with E-state index in [1.165, 1.54) is 5.56 Å². The minimum atomic E-state index is 0.778. The van der Waals surface area contributed by atoms with Gasteiger partial charge in [0.2, 0.25) is 0 Å². The summed E-state index contributed by atoms with van der Waals surface area (Å²) in [6.45, 7) is 2.05. The molecule has 0 saturated carbocycles. The summed E-state index contributed by atoms with van der Waals surface area (Å²) in [6, 6.07) is 25.2. The van der Waals surface area contributed by atoms with Gasteiger partial charge in [0.15, 0.2) is 0 Å². The summed E-state index contributed by atoms with van der Waals surface area (Å²) >= 11 is 0. The summed E-state index contributed by atoms with van der Waals surface area (Å²) < 4.78 is 5.74. The van der Waals surface area contributed by atoms with Gasteiger partial charge in [0.05, 0.1) is 11.4 Å². The van der Waals surface area contributed by atoms with Crippen molar-refractivity contribution < 1.29 is 4.74 Å². The predicted octanol–water partition coefficient (Wildman–Crippen LogP) is 6.20. The van der Waals surface area contributed by atoms with Gasteiger partial charge >= 0.3 is 0 Å². The maximum Gasteiger partial charge on any atom is 0.127 e. The summed E-state index contributed by atoms with van der Waals surface area (Å²) in [4.78, 5) is 0. The number of para-hydroxylation sites is 1. The SMILES string of the molecule is Cc1ccc(N=Nc2ccc(Oc3ccccc3)cc2)cc1. The largest absolute Gasteiger partial charge is 0.457 e. The molecule has 0 aromatic heterocycles. The number of benzene rings is 3. The topological polar surface area (TPSA) is 34.0 Å². The van der Waals surface area contributed by atoms with E-state index in [0.717, 1.165) is 22.9 Å². The van der Waals surface area contributed by atoms with E-state index in [1.54, 1.807) is 0 Å². The Hall–Kier alpha value is -2.94. The van der Waals surface area contributed by atoms with Gasteiger partial charge in [-0.25, -0.2) is 0 Å². The maximum atomic E-state index is 5.74. The molecular formula is C19H16N2O. The molecular weight excluding hydrogens is 272 g/mol. The van der Waals surface area contributed by atoms with Crippen LogP contribution in [0.4, 0.5) is 11.4 Å². The van der Waals surface area contributed by atoms with E-state index >= 15 is 0 Å². The van der Waals surface area contributed by atoms with Gasteiger partial charge < -0.3 is 4.74 Å². The van der Waals surface area contributed by atoms with Crippen molar-refractivity contribution in [2.24, 2.45) is 10.2 Å². The molecule has 3 rings (SSSR count). The quantitative estimate of drug-likeness (QED) is 0.526. The fraction of sp³-hybridized carbons (Fsp3) is 0.0526. The van der Waals surface area contributed by atoms with Gasteiger partial charge in [0, 0.05) is 0 Å². The molecule has 0 radical (unpaired) electrons. The van der Waals surface area contributed by atoms with Crippen molar-refractivity contribution in [2.45, 2.75) is 6.92 Å². The van der Waals surface area contributed by atoms with Crippen LogP contribution in [0.5, 0.6) is 11.5 Å². The molecule has 0 aliphatic heterocycles. The molecule has 0 aliphatic carbocycles. The van der Waals surface area contributed by atoms with Crippen LogP contribution < -0.4 is 4.74 Å². The van der Waals surface area contributed by atoms with Crippen LogP contribution in [-0.4, -0.2) is 0 Å². The molecule has 3 nitrogen and oxygen atoms in total. The average molecular weight is 288 g/mol. The normalized spacial score (nSPS) is 10.8. The van der Waals surface area contributed by atoms with E-state index < -0.39 is 0 Å². The van der Waals surface area contributed by atoms with E-state index in [9.17, 15) is 0 Å². The third-order valence-electron chi connectivity index (χ3n) is 3.13. The van der Waals surface area contributed by atoms with Gasteiger partial charge in [-0.1, -0.05) is 35.9 Å². The number of nitrogens with zero attached hydrogens (tertiary/aromatic N) is 2. The lowest BCUT2D eigenvalue weighted by Crippen LogP contribution is -1.82. The summed E-state index contributed by atoms with van der Waals surface area (Å²) in [5.74, 6) is 1.59. The standard InChI is InChI=1S/C19H16N2O/c1-15-7-9-16(10-8-15)20-21-17-11-13-19(14-12-17)22-18-5-3-2-4-6-18/h2-14H,1H3. The van der Waals surface area contributed by atoms with Gasteiger partial charge in [-0.2, -0.15) is 10.2 Å². The van der Waals surface area contributed by atoms with E-state index in [4.69, 9.17) is 4.74 Å². The zero-order valence-corrected chi connectivity index (χ0v) is 12.3. The molecule has 3 aromatic carbocycles. The molecule has 22 heavy (non-hydrogen) atoms. The van der Waals surface area contributed by atoms with Crippen LogP contribution in [0.25, 0.3) is 0 Å². The molecule has 3 heteroatoms. The molecule has 0 heterocycles. The number of aryl methyl sites for hydroxylation is 1. The van der Waals surface area contributed by atoms with Crippen molar-refractivity contribution in [3.63, 3.8) is 0 Å². The minimum Gasteiger partial charge on any atom is -0.457 e. The van der Waals surface area contributed by atoms with Crippen LogP contribution in [0.2, 0.25) is 0 Å². The van der Waals surface area contributed by atoms with E-state index in [2.05, 4.69) is 10.2 Å². The molecule has 0 spiro atoms. The summed E-state index contributed by atoms with van der Waals surface area (Å²) in [6.07, 6.45) is 0. The second kappa shape index (κ2) is 6.68. The van der Waals surface area contributed by atoms with Crippen LogP contribution in [0.3, 0.4) is 0 Å². The Morgan fingerprint density at radius 1 is 0.591 bits per heavy atom. The van der Waals surface area contributed by atoms with Crippen LogP contribution >= 0.6 is 0 Å². The Kier molecular flexibility index (Phi) is 4.25. The molecule has 0 amide bonds. The highest BCUT2D eigenvalue weighted by molar-refractivity contribution is 5.44. The smallest absolute Gasteiger partial charge is 0.127 e. The Morgan fingerprint density at radius 2 is 1.09 bits per heavy atom. The molecule has 3 aromatic rings. The monoisotopic (exact) mass is 288 g/mol. The number of rotatable bonds is 4. The van der Waals surface area contributed by atoms with Gasteiger partial charge in [-0.05, 0) is 55.5 Å². The highest BCUT2D eigenvalue weighted by Gasteiger charge is 1.97. The molecule has 0 aliphatic rings. The third-order valence-corrected chi connectivity index (χ3v) is 3.13. The highest BCUT2D eigenvalue weighted by Crippen LogP contribution is 2.25. The summed E-state index contributed by atoms with van der Waals surface area (Å²) in [5, 5.41) is 8.44. The summed E-state index contributed by atoms with van der Waals surface area (Å²) in [7, 11) is 0. The van der Waals surface area contributed by atoms with E-state index in [0.29, 0.717) is 0 Å². The first kappa shape index (κ1) is 14.0. The molecule has 108 valence electrons. The highest BCUT2D eigenvalue weighted by atomic mass is 16.5. The van der Waals surface area contributed by atoms with Gasteiger partial charge in [-0.3, -0.25) is 0 Å². The lowest BCUT2D eigenvalue weighted by Gasteiger charge is -2.04. The van der Waals surface area contributed by atoms with Crippen molar-refractivity contribution >= 4 is 11.4 Å². The fourth-order valence-corrected chi connectivity index (χ4v) is 1.93. The number of hydrogen-bond acceptors (Lipinski definition) is 3. The van der Waals surface area contributed by atoms with Crippen LogP contribution in [0.1, 0.15) is 5.56 Å². The molecule has 0 unspecified atom stereocenters. The van der Waals surface area contributed by atoms with Crippen LogP contribution in [0.15, 0.2) is 89.1 Å². The third kappa shape index (κ3) is 3.79. The molecule has 0 atom stereocenters. The van der Waals surface area contributed by atoms with Crippen molar-refractivity contribution in [1.29, 1.82) is 0 Å². The van der Waals surface area contributed by atoms with Gasteiger partial charge in [0.25, 0.3) is 0 Å². The van der Waals surface area contributed by atoms with E-state index in [1.807, 2.05) is 85.8 Å². The Balaban J connectivity index is 1.67. The number of azo groups is 1. The first-order valence-corrected chi connectivity index (χ1v) is 7.11. The minimum absolute atomic E-state index is 0.778. The van der Waals surface area contributed by atoms with Crippen molar-refractivity contribution in [2.75, 3.05) is 0 Å². The molecule has 0 saturated heterocycles. The fourth-order valence-electron chi connectivity index (χ4n) is 1.93. The summed E-state index contributed by atoms with van der Waals surface area (Å²) in [5.41, 5.74) is 2.84. The number of ether oxygens (including phenoxy) is 1. The van der Waals surface area contributed by atoms with Crippen molar-refractivity contribution in [1.82, 2.24) is 0 Å². The molecule has 0 bridgehead atoms. The first-order valence-electron chi connectivity index (χ1n) is 7.11. The predicted molar refractivity (Wildman–Crippen MR) is 88.3 cm³/mol. The van der Waals surface area contributed by atoms with Crippen molar-refractivity contribution in [3.8, 4) is 11.5 Å². The molecule has 0 N–H and O–H groups in total. The number of hydrogen-bond donors (Lipinski definition) is 0. The van der Waals surface area contributed by atoms with Crippen molar-refractivity contribution in [3.05, 3.63) is 84.4 Å². The Labute approximate surface area is 129 Å². The molecule has 0 fully saturated rings. The zero-order valence-electron chi connectivity index (χ0n) is 12.3. The van der Waals surface area contributed by atoms with Gasteiger partial charge in [0.1, 0.15) is 11.5 Å². The Morgan fingerprint density at radius 3 is 1.68 bits per heavy atom. The zero-order chi connectivity index (χ0) is 15.2. The maximum absolute atomic E-state index is 5.74. The first-order chi connectivity index (χ1) is 10.8. The lowest BCUT2D eigenvalue weighted by atomic mass is 10.2.